The van der Waals surface area contributed by atoms with Gasteiger partial charge in [0, 0.05) is 29.1 Å². The number of aromatic nitrogens is 1. The third kappa shape index (κ3) is 1.99. The number of hydrogen-bond donors (Lipinski definition) is 3. The molecule has 0 bridgehead atoms. The molecule has 1 aliphatic rings. The molecular formula is C16H20N2O. The fourth-order valence-corrected chi connectivity index (χ4v) is 3.15. The van der Waals surface area contributed by atoms with E-state index in [4.69, 9.17) is 0 Å². The molecule has 0 saturated heterocycles. The molecule has 1 aliphatic carbocycles. The fraction of sp³-hybridized carbons (Fsp3) is 0.375. The Balaban J connectivity index is 2.17. The first-order valence-corrected chi connectivity index (χ1v) is 6.79. The maximum Gasteiger partial charge on any atom is 0.0639 e. The average molecular weight is 256 g/mol. The van der Waals surface area contributed by atoms with Crippen molar-refractivity contribution in [2.75, 3.05) is 13.7 Å². The van der Waals surface area contributed by atoms with Crippen LogP contribution in [0.1, 0.15) is 24.0 Å². The Morgan fingerprint density at radius 3 is 3.11 bits per heavy atom. The summed E-state index contributed by atoms with van der Waals surface area (Å²) in [4.78, 5) is 3.35. The quantitative estimate of drug-likeness (QED) is 0.738. The van der Waals surface area contributed by atoms with Crippen molar-refractivity contribution in [3.8, 4) is 0 Å². The number of benzene rings is 1. The van der Waals surface area contributed by atoms with E-state index in [0.29, 0.717) is 12.0 Å². The monoisotopic (exact) mass is 256 g/mol. The molecule has 3 rings (SSSR count). The molecule has 1 aromatic carbocycles. The van der Waals surface area contributed by atoms with Gasteiger partial charge in [-0.1, -0.05) is 23.8 Å². The Morgan fingerprint density at radius 1 is 1.53 bits per heavy atom. The van der Waals surface area contributed by atoms with Crippen LogP contribution in [0.4, 0.5) is 0 Å². The molecule has 2 aromatic rings. The van der Waals surface area contributed by atoms with E-state index in [0.717, 1.165) is 12.0 Å². The summed E-state index contributed by atoms with van der Waals surface area (Å²) < 4.78 is 0. The van der Waals surface area contributed by atoms with Gasteiger partial charge in [0.2, 0.25) is 0 Å². The first kappa shape index (κ1) is 12.5. The number of aromatic amines is 1. The van der Waals surface area contributed by atoms with Crippen LogP contribution in [0.15, 0.2) is 36.0 Å². The van der Waals surface area contributed by atoms with E-state index in [1.54, 1.807) is 0 Å². The van der Waals surface area contributed by atoms with Gasteiger partial charge in [-0.15, -0.1) is 0 Å². The van der Waals surface area contributed by atoms with E-state index in [9.17, 15) is 5.11 Å². The minimum atomic E-state index is 0.128. The Morgan fingerprint density at radius 2 is 2.37 bits per heavy atom. The summed E-state index contributed by atoms with van der Waals surface area (Å²) in [6.45, 7) is 2.11. The van der Waals surface area contributed by atoms with Crippen molar-refractivity contribution >= 4 is 10.9 Å². The maximum atomic E-state index is 9.28. The summed E-state index contributed by atoms with van der Waals surface area (Å²) in [5.74, 6) is 0.323. The summed E-state index contributed by atoms with van der Waals surface area (Å²) >= 11 is 0. The van der Waals surface area contributed by atoms with E-state index >= 15 is 0 Å². The molecule has 0 unspecified atom stereocenters. The van der Waals surface area contributed by atoms with Crippen LogP contribution in [0.3, 0.4) is 0 Å². The van der Waals surface area contributed by atoms with Crippen LogP contribution in [0, 0.1) is 0 Å². The molecule has 1 heterocycles. The number of aliphatic hydroxyl groups excluding tert-OH is 1. The van der Waals surface area contributed by atoms with Crippen molar-refractivity contribution in [3.05, 3.63) is 47.2 Å². The van der Waals surface area contributed by atoms with Gasteiger partial charge >= 0.3 is 0 Å². The molecule has 0 amide bonds. The standard InChI is InChI=1S/C16H20N2O/c1-10(9-19)6-13-12-4-3-5-14-16(12)11(8-18-14)7-15(13)17-2/h3-6,8,13,15,17-19H,7,9H2,1-2H3/b10-6+/t13-,15+/m0/s1. The van der Waals surface area contributed by atoms with Crippen molar-refractivity contribution in [1.29, 1.82) is 0 Å². The minimum absolute atomic E-state index is 0.128. The highest BCUT2D eigenvalue weighted by Gasteiger charge is 2.28. The summed E-state index contributed by atoms with van der Waals surface area (Å²) in [6.07, 6.45) is 5.34. The number of rotatable bonds is 3. The first-order chi connectivity index (χ1) is 9.24. The van der Waals surface area contributed by atoms with Crippen LogP contribution in [-0.4, -0.2) is 29.8 Å². The van der Waals surface area contributed by atoms with E-state index in [1.165, 1.54) is 22.0 Å². The molecule has 0 fully saturated rings. The van der Waals surface area contributed by atoms with Crippen LogP contribution in [0.25, 0.3) is 10.9 Å². The van der Waals surface area contributed by atoms with E-state index in [1.807, 2.05) is 14.0 Å². The van der Waals surface area contributed by atoms with Gasteiger partial charge in [0.25, 0.3) is 0 Å². The van der Waals surface area contributed by atoms with Gasteiger partial charge < -0.3 is 15.4 Å². The lowest BCUT2D eigenvalue weighted by Crippen LogP contribution is -2.35. The summed E-state index contributed by atoms with van der Waals surface area (Å²) in [5, 5.41) is 14.1. The van der Waals surface area contributed by atoms with Crippen LogP contribution in [0.5, 0.6) is 0 Å². The fourth-order valence-electron chi connectivity index (χ4n) is 3.15. The lowest BCUT2D eigenvalue weighted by atomic mass is 9.79. The zero-order valence-electron chi connectivity index (χ0n) is 11.4. The average Bonchev–Trinajstić information content (AvgIpc) is 2.86. The smallest absolute Gasteiger partial charge is 0.0639 e. The van der Waals surface area contributed by atoms with Gasteiger partial charge in [-0.2, -0.15) is 0 Å². The van der Waals surface area contributed by atoms with Gasteiger partial charge in [-0.25, -0.2) is 0 Å². The summed E-state index contributed by atoms with van der Waals surface area (Å²) in [6, 6.07) is 6.82. The molecule has 19 heavy (non-hydrogen) atoms. The molecule has 3 N–H and O–H groups in total. The minimum Gasteiger partial charge on any atom is -0.392 e. The number of likely N-dealkylation sites (N-methyl/N-ethyl adjacent to an activating group) is 1. The normalized spacial score (nSPS) is 23.0. The van der Waals surface area contributed by atoms with Gasteiger partial charge in [0.05, 0.1) is 6.61 Å². The number of nitrogens with one attached hydrogen (secondary N) is 2. The molecule has 0 aliphatic heterocycles. The molecule has 3 nitrogen and oxygen atoms in total. The Kier molecular flexibility index (Phi) is 3.17. The zero-order valence-corrected chi connectivity index (χ0v) is 11.4. The van der Waals surface area contributed by atoms with E-state index in [2.05, 4.69) is 40.8 Å². The molecule has 100 valence electrons. The molecule has 1 aromatic heterocycles. The van der Waals surface area contributed by atoms with Gasteiger partial charge in [0.15, 0.2) is 0 Å². The van der Waals surface area contributed by atoms with E-state index in [-0.39, 0.29) is 6.61 Å². The second-order valence-corrected chi connectivity index (χ2v) is 5.38. The van der Waals surface area contributed by atoms with Crippen molar-refractivity contribution in [2.45, 2.75) is 25.3 Å². The first-order valence-electron chi connectivity index (χ1n) is 6.79. The highest BCUT2D eigenvalue weighted by molar-refractivity contribution is 5.88. The highest BCUT2D eigenvalue weighted by atomic mass is 16.3. The Labute approximate surface area is 113 Å². The number of hydrogen-bond acceptors (Lipinski definition) is 2. The predicted molar refractivity (Wildman–Crippen MR) is 78.4 cm³/mol. The summed E-state index contributed by atoms with van der Waals surface area (Å²) in [5.41, 5.74) is 4.98. The topological polar surface area (TPSA) is 48.0 Å². The van der Waals surface area contributed by atoms with Crippen molar-refractivity contribution in [2.24, 2.45) is 0 Å². The molecular weight excluding hydrogens is 236 g/mol. The van der Waals surface area contributed by atoms with Gasteiger partial charge in [-0.05, 0) is 37.6 Å². The van der Waals surface area contributed by atoms with Crippen molar-refractivity contribution in [1.82, 2.24) is 10.3 Å². The second kappa shape index (κ2) is 4.83. The lowest BCUT2D eigenvalue weighted by molar-refractivity contribution is 0.330. The van der Waals surface area contributed by atoms with Crippen molar-refractivity contribution < 1.29 is 5.11 Å². The van der Waals surface area contributed by atoms with Crippen molar-refractivity contribution in [3.63, 3.8) is 0 Å². The molecule has 0 spiro atoms. The van der Waals surface area contributed by atoms with Crippen LogP contribution in [-0.2, 0) is 6.42 Å². The Hall–Kier alpha value is -1.58. The SMILES string of the molecule is CN[C@@H]1Cc2c[nH]c3cccc(c23)[C@@H]1/C=C(\C)CO. The third-order valence-electron chi connectivity index (χ3n) is 4.14. The van der Waals surface area contributed by atoms with Crippen LogP contribution < -0.4 is 5.32 Å². The highest BCUT2D eigenvalue weighted by Crippen LogP contribution is 2.37. The molecule has 3 heteroatoms. The summed E-state index contributed by atoms with van der Waals surface area (Å²) in [7, 11) is 2.01. The van der Waals surface area contributed by atoms with Crippen LogP contribution in [0.2, 0.25) is 0 Å². The maximum absolute atomic E-state index is 9.28. The molecule has 2 atom stereocenters. The number of H-pyrrole nitrogens is 1. The molecule has 0 radical (unpaired) electrons. The largest absolute Gasteiger partial charge is 0.392 e. The Bertz CT molecular complexity index is 627. The lowest BCUT2D eigenvalue weighted by Gasteiger charge is -2.30. The number of aliphatic hydroxyl groups is 1. The van der Waals surface area contributed by atoms with Gasteiger partial charge in [0.1, 0.15) is 0 Å². The van der Waals surface area contributed by atoms with Gasteiger partial charge in [-0.3, -0.25) is 0 Å². The third-order valence-corrected chi connectivity index (χ3v) is 4.14. The second-order valence-electron chi connectivity index (χ2n) is 5.38. The molecule has 0 saturated carbocycles. The zero-order chi connectivity index (χ0) is 13.4. The van der Waals surface area contributed by atoms with Crippen LogP contribution >= 0.6 is 0 Å². The predicted octanol–water partition coefficient (Wildman–Crippen LogP) is 2.33. The van der Waals surface area contributed by atoms with E-state index < -0.39 is 0 Å².